The molecule has 1 aliphatic rings. The first-order valence-corrected chi connectivity index (χ1v) is 9.11. The third kappa shape index (κ3) is 5.76. The molecule has 1 aromatic carbocycles. The van der Waals surface area contributed by atoms with Crippen LogP contribution in [-0.2, 0) is 9.53 Å². The largest absolute Gasteiger partial charge is 0.497 e. The van der Waals surface area contributed by atoms with E-state index >= 15 is 0 Å². The Morgan fingerprint density at radius 1 is 1.24 bits per heavy atom. The molecule has 0 aliphatic carbocycles. The van der Waals surface area contributed by atoms with Crippen molar-refractivity contribution < 1.29 is 19.1 Å². The number of carbonyl (C=O) groups is 2. The van der Waals surface area contributed by atoms with Gasteiger partial charge in [-0.1, -0.05) is 19.9 Å². The highest BCUT2D eigenvalue weighted by Crippen LogP contribution is 2.22. The SMILES string of the molecule is COc1cccc(C(=O)N2CCC(C(=O)OCCCC(C)C)CC2)c1. The molecule has 2 rings (SSSR count). The zero-order chi connectivity index (χ0) is 18.2. The summed E-state index contributed by atoms with van der Waals surface area (Å²) in [6.45, 7) is 6.00. The second kappa shape index (κ2) is 9.44. The first-order chi connectivity index (χ1) is 12.0. The van der Waals surface area contributed by atoms with E-state index in [9.17, 15) is 9.59 Å². The minimum atomic E-state index is -0.114. The molecule has 1 aliphatic heterocycles. The molecular formula is C20H29NO4. The minimum absolute atomic E-state index is 0.0114. The average molecular weight is 347 g/mol. The van der Waals surface area contributed by atoms with Crippen LogP contribution in [0.3, 0.4) is 0 Å². The third-order valence-electron chi connectivity index (χ3n) is 4.60. The summed E-state index contributed by atoms with van der Waals surface area (Å²) in [5.74, 6) is 1.09. The van der Waals surface area contributed by atoms with Gasteiger partial charge in [0.15, 0.2) is 0 Å². The molecule has 5 nitrogen and oxygen atoms in total. The highest BCUT2D eigenvalue weighted by molar-refractivity contribution is 5.94. The van der Waals surface area contributed by atoms with Crippen molar-refractivity contribution in [1.29, 1.82) is 0 Å². The third-order valence-corrected chi connectivity index (χ3v) is 4.60. The van der Waals surface area contributed by atoms with Crippen LogP contribution in [0.25, 0.3) is 0 Å². The molecule has 0 aromatic heterocycles. The Morgan fingerprint density at radius 3 is 2.60 bits per heavy atom. The number of methoxy groups -OCH3 is 1. The van der Waals surface area contributed by atoms with Crippen molar-refractivity contribution >= 4 is 11.9 Å². The van der Waals surface area contributed by atoms with Gasteiger partial charge in [0.25, 0.3) is 5.91 Å². The smallest absolute Gasteiger partial charge is 0.309 e. The quantitative estimate of drug-likeness (QED) is 0.559. The number of esters is 1. The van der Waals surface area contributed by atoms with Gasteiger partial charge in [0, 0.05) is 18.7 Å². The second-order valence-electron chi connectivity index (χ2n) is 7.00. The predicted octanol–water partition coefficient (Wildman–Crippen LogP) is 3.53. The summed E-state index contributed by atoms with van der Waals surface area (Å²) < 4.78 is 10.6. The fourth-order valence-corrected chi connectivity index (χ4v) is 3.04. The topological polar surface area (TPSA) is 55.8 Å². The molecule has 5 heteroatoms. The molecule has 0 bridgehead atoms. The lowest BCUT2D eigenvalue weighted by atomic mass is 9.96. The number of ether oxygens (including phenoxy) is 2. The van der Waals surface area contributed by atoms with Crippen molar-refractivity contribution in [2.45, 2.75) is 39.5 Å². The summed E-state index contributed by atoms with van der Waals surface area (Å²) in [5, 5.41) is 0. The van der Waals surface area contributed by atoms with Gasteiger partial charge in [0.2, 0.25) is 0 Å². The van der Waals surface area contributed by atoms with Gasteiger partial charge in [-0.2, -0.15) is 0 Å². The van der Waals surface area contributed by atoms with Gasteiger partial charge in [-0.15, -0.1) is 0 Å². The lowest BCUT2D eigenvalue weighted by molar-refractivity contribution is -0.150. The number of nitrogens with zero attached hydrogens (tertiary/aromatic N) is 1. The van der Waals surface area contributed by atoms with Crippen LogP contribution in [0, 0.1) is 11.8 Å². The fraction of sp³-hybridized carbons (Fsp3) is 0.600. The Balaban J connectivity index is 1.78. The highest BCUT2D eigenvalue weighted by atomic mass is 16.5. The zero-order valence-electron chi connectivity index (χ0n) is 15.5. The van der Waals surface area contributed by atoms with E-state index in [0.717, 1.165) is 12.8 Å². The normalized spacial score (nSPS) is 15.3. The Hall–Kier alpha value is -2.04. The van der Waals surface area contributed by atoms with E-state index in [1.165, 1.54) is 0 Å². The van der Waals surface area contributed by atoms with Crippen LogP contribution in [0.5, 0.6) is 5.75 Å². The monoisotopic (exact) mass is 347 g/mol. The van der Waals surface area contributed by atoms with Gasteiger partial charge >= 0.3 is 5.97 Å². The molecule has 0 saturated carbocycles. The summed E-state index contributed by atoms with van der Waals surface area (Å²) >= 11 is 0. The molecule has 0 unspecified atom stereocenters. The van der Waals surface area contributed by atoms with Gasteiger partial charge in [-0.25, -0.2) is 0 Å². The zero-order valence-corrected chi connectivity index (χ0v) is 15.5. The molecule has 0 atom stereocenters. The van der Waals surface area contributed by atoms with Gasteiger partial charge in [0.05, 0.1) is 19.6 Å². The van der Waals surface area contributed by atoms with E-state index in [4.69, 9.17) is 9.47 Å². The molecular weight excluding hydrogens is 318 g/mol. The maximum atomic E-state index is 12.6. The molecule has 1 heterocycles. The van der Waals surface area contributed by atoms with Gasteiger partial charge < -0.3 is 14.4 Å². The van der Waals surface area contributed by atoms with Crippen LogP contribution in [0.4, 0.5) is 0 Å². The molecule has 1 saturated heterocycles. The van der Waals surface area contributed by atoms with E-state index in [1.807, 2.05) is 12.1 Å². The Labute approximate surface area is 150 Å². The Bertz CT molecular complexity index is 577. The number of hydrogen-bond acceptors (Lipinski definition) is 4. The highest BCUT2D eigenvalue weighted by Gasteiger charge is 2.28. The number of rotatable bonds is 7. The minimum Gasteiger partial charge on any atom is -0.497 e. The number of hydrogen-bond donors (Lipinski definition) is 0. The van der Waals surface area contributed by atoms with E-state index in [1.54, 1.807) is 24.1 Å². The molecule has 0 N–H and O–H groups in total. The predicted molar refractivity (Wildman–Crippen MR) is 96.7 cm³/mol. The van der Waals surface area contributed by atoms with Gasteiger partial charge in [-0.3, -0.25) is 9.59 Å². The average Bonchev–Trinajstić information content (AvgIpc) is 2.64. The molecule has 25 heavy (non-hydrogen) atoms. The van der Waals surface area contributed by atoms with Crippen molar-refractivity contribution in [3.63, 3.8) is 0 Å². The maximum Gasteiger partial charge on any atom is 0.309 e. The Kier molecular flexibility index (Phi) is 7.29. The molecule has 1 aromatic rings. The first kappa shape index (κ1) is 19.3. The summed E-state index contributed by atoms with van der Waals surface area (Å²) in [6.07, 6.45) is 3.31. The van der Waals surface area contributed by atoms with Crippen LogP contribution < -0.4 is 4.74 Å². The summed E-state index contributed by atoms with van der Waals surface area (Å²) in [5.41, 5.74) is 0.620. The summed E-state index contributed by atoms with van der Waals surface area (Å²) in [6, 6.07) is 7.17. The number of likely N-dealkylation sites (tertiary alicyclic amines) is 1. The lowest BCUT2D eigenvalue weighted by Gasteiger charge is -2.31. The maximum absolute atomic E-state index is 12.6. The van der Waals surface area contributed by atoms with Crippen LogP contribution in [0.2, 0.25) is 0 Å². The fourth-order valence-electron chi connectivity index (χ4n) is 3.04. The van der Waals surface area contributed by atoms with Crippen molar-refractivity contribution in [1.82, 2.24) is 4.90 Å². The first-order valence-electron chi connectivity index (χ1n) is 9.11. The van der Waals surface area contributed by atoms with E-state index in [0.29, 0.717) is 49.8 Å². The van der Waals surface area contributed by atoms with E-state index in [2.05, 4.69) is 13.8 Å². The van der Waals surface area contributed by atoms with Crippen LogP contribution in [0.1, 0.15) is 49.9 Å². The van der Waals surface area contributed by atoms with Gasteiger partial charge in [-0.05, 0) is 49.8 Å². The van der Waals surface area contributed by atoms with Crippen molar-refractivity contribution in [3.05, 3.63) is 29.8 Å². The van der Waals surface area contributed by atoms with Gasteiger partial charge in [0.1, 0.15) is 5.75 Å². The number of piperidine rings is 1. The van der Waals surface area contributed by atoms with Crippen LogP contribution >= 0.6 is 0 Å². The van der Waals surface area contributed by atoms with Crippen LogP contribution in [-0.4, -0.2) is 43.6 Å². The molecule has 1 amide bonds. The van der Waals surface area contributed by atoms with E-state index in [-0.39, 0.29) is 17.8 Å². The number of amides is 1. The Morgan fingerprint density at radius 2 is 1.96 bits per heavy atom. The van der Waals surface area contributed by atoms with Crippen molar-refractivity contribution in [2.24, 2.45) is 11.8 Å². The number of carbonyl (C=O) groups excluding carboxylic acids is 2. The molecule has 138 valence electrons. The molecule has 1 fully saturated rings. The summed E-state index contributed by atoms with van der Waals surface area (Å²) in [4.78, 5) is 26.5. The van der Waals surface area contributed by atoms with Crippen LogP contribution in [0.15, 0.2) is 24.3 Å². The standard InChI is InChI=1S/C20H29NO4/c1-15(2)6-5-13-25-20(23)16-9-11-21(12-10-16)19(22)17-7-4-8-18(14-17)24-3/h4,7-8,14-16H,5-6,9-13H2,1-3H3. The molecule has 0 spiro atoms. The summed E-state index contributed by atoms with van der Waals surface area (Å²) in [7, 11) is 1.59. The van der Waals surface area contributed by atoms with Crippen molar-refractivity contribution in [3.8, 4) is 5.75 Å². The second-order valence-corrected chi connectivity index (χ2v) is 7.00. The number of benzene rings is 1. The van der Waals surface area contributed by atoms with Crippen molar-refractivity contribution in [2.75, 3.05) is 26.8 Å². The lowest BCUT2D eigenvalue weighted by Crippen LogP contribution is -2.40. The van der Waals surface area contributed by atoms with E-state index < -0.39 is 0 Å². The molecule has 0 radical (unpaired) electrons.